The molecule has 0 aliphatic carbocycles. The minimum Gasteiger partial charge on any atom is -0.361 e. The monoisotopic (exact) mass is 206 g/mol. The molecule has 0 aromatic carbocycles. The molecule has 2 aliphatic heterocycles. The van der Waals surface area contributed by atoms with Crippen molar-refractivity contribution < 1.29 is 4.52 Å². The standard InChI is InChI=1S/C12H18N2O/c1-7-12(8(2)15-14-7)9-5-10-3-4-11(6-9)13-10/h9-11,13H,3-6H2,1-2H3. The number of nitrogens with one attached hydrogen (secondary N) is 1. The first kappa shape index (κ1) is 9.40. The summed E-state index contributed by atoms with van der Waals surface area (Å²) >= 11 is 0. The van der Waals surface area contributed by atoms with Crippen LogP contribution in [0.4, 0.5) is 0 Å². The molecule has 0 radical (unpaired) electrons. The third-order valence-corrected chi connectivity index (χ3v) is 3.97. The third kappa shape index (κ3) is 1.49. The summed E-state index contributed by atoms with van der Waals surface area (Å²) in [4.78, 5) is 0. The Kier molecular flexibility index (Phi) is 2.09. The highest BCUT2D eigenvalue weighted by atomic mass is 16.5. The van der Waals surface area contributed by atoms with Gasteiger partial charge in [0, 0.05) is 17.6 Å². The van der Waals surface area contributed by atoms with Crippen LogP contribution in [0.5, 0.6) is 0 Å². The molecule has 1 aromatic rings. The van der Waals surface area contributed by atoms with E-state index in [4.69, 9.17) is 4.52 Å². The zero-order valence-corrected chi connectivity index (χ0v) is 9.42. The van der Waals surface area contributed by atoms with E-state index in [2.05, 4.69) is 17.4 Å². The highest BCUT2D eigenvalue weighted by Gasteiger charge is 2.36. The lowest BCUT2D eigenvalue weighted by molar-refractivity contribution is 0.355. The maximum Gasteiger partial charge on any atom is 0.137 e. The Hall–Kier alpha value is -0.830. The molecule has 82 valence electrons. The van der Waals surface area contributed by atoms with E-state index >= 15 is 0 Å². The first-order valence-corrected chi connectivity index (χ1v) is 5.93. The van der Waals surface area contributed by atoms with Crippen molar-refractivity contribution in [1.29, 1.82) is 0 Å². The van der Waals surface area contributed by atoms with Crippen LogP contribution >= 0.6 is 0 Å². The van der Waals surface area contributed by atoms with Crippen molar-refractivity contribution in [2.24, 2.45) is 0 Å². The normalized spacial score (nSPS) is 34.7. The van der Waals surface area contributed by atoms with Gasteiger partial charge in [-0.05, 0) is 45.4 Å². The Morgan fingerprint density at radius 1 is 1.20 bits per heavy atom. The summed E-state index contributed by atoms with van der Waals surface area (Å²) in [6, 6.07) is 1.48. The molecule has 1 N–H and O–H groups in total. The third-order valence-electron chi connectivity index (χ3n) is 3.97. The van der Waals surface area contributed by atoms with Gasteiger partial charge in [-0.25, -0.2) is 0 Å². The van der Waals surface area contributed by atoms with Crippen LogP contribution in [0.25, 0.3) is 0 Å². The molecule has 3 heteroatoms. The molecule has 3 heterocycles. The average Bonchev–Trinajstić information content (AvgIpc) is 2.71. The topological polar surface area (TPSA) is 38.1 Å². The van der Waals surface area contributed by atoms with Gasteiger partial charge in [0.1, 0.15) is 5.76 Å². The van der Waals surface area contributed by atoms with E-state index in [1.54, 1.807) is 0 Å². The summed E-state index contributed by atoms with van der Waals surface area (Å²) < 4.78 is 5.27. The van der Waals surface area contributed by atoms with Crippen molar-refractivity contribution in [2.75, 3.05) is 0 Å². The van der Waals surface area contributed by atoms with Crippen LogP contribution < -0.4 is 5.32 Å². The van der Waals surface area contributed by atoms with Gasteiger partial charge in [-0.3, -0.25) is 0 Å². The second-order valence-electron chi connectivity index (χ2n) is 5.04. The van der Waals surface area contributed by atoms with Crippen molar-refractivity contribution in [2.45, 2.75) is 57.5 Å². The fourth-order valence-electron chi connectivity index (χ4n) is 3.37. The number of hydrogen-bond acceptors (Lipinski definition) is 3. The van der Waals surface area contributed by atoms with E-state index in [-0.39, 0.29) is 0 Å². The lowest BCUT2D eigenvalue weighted by Crippen LogP contribution is -2.37. The smallest absolute Gasteiger partial charge is 0.137 e. The van der Waals surface area contributed by atoms with Gasteiger partial charge in [-0.15, -0.1) is 0 Å². The van der Waals surface area contributed by atoms with Crippen molar-refractivity contribution in [3.63, 3.8) is 0 Å². The highest BCUT2D eigenvalue weighted by Crippen LogP contribution is 2.39. The molecule has 2 saturated heterocycles. The Balaban J connectivity index is 1.89. The zero-order valence-electron chi connectivity index (χ0n) is 9.42. The largest absolute Gasteiger partial charge is 0.361 e. The van der Waals surface area contributed by atoms with Gasteiger partial charge in [0.25, 0.3) is 0 Å². The van der Waals surface area contributed by atoms with Gasteiger partial charge in [0.15, 0.2) is 0 Å². The summed E-state index contributed by atoms with van der Waals surface area (Å²) in [5, 5.41) is 7.74. The van der Waals surface area contributed by atoms with E-state index < -0.39 is 0 Å². The molecular formula is C12H18N2O. The number of nitrogens with zero attached hydrogens (tertiary/aromatic N) is 1. The minimum absolute atomic E-state index is 0.676. The second kappa shape index (κ2) is 3.34. The Bertz CT molecular complexity index is 340. The second-order valence-corrected chi connectivity index (χ2v) is 5.04. The highest BCUT2D eigenvalue weighted by molar-refractivity contribution is 5.27. The number of rotatable bonds is 1. The van der Waals surface area contributed by atoms with Gasteiger partial charge < -0.3 is 9.84 Å². The van der Waals surface area contributed by atoms with Gasteiger partial charge in [-0.2, -0.15) is 0 Å². The minimum atomic E-state index is 0.676. The summed E-state index contributed by atoms with van der Waals surface area (Å²) in [6.07, 6.45) is 5.23. The first-order chi connectivity index (χ1) is 7.24. The van der Waals surface area contributed by atoms with E-state index in [0.717, 1.165) is 23.5 Å². The van der Waals surface area contributed by atoms with Crippen LogP contribution in [0.3, 0.4) is 0 Å². The van der Waals surface area contributed by atoms with Crippen molar-refractivity contribution >= 4 is 0 Å². The Morgan fingerprint density at radius 3 is 2.40 bits per heavy atom. The Labute approximate surface area is 90.2 Å². The van der Waals surface area contributed by atoms with Gasteiger partial charge in [-0.1, -0.05) is 5.16 Å². The van der Waals surface area contributed by atoms with Gasteiger partial charge >= 0.3 is 0 Å². The van der Waals surface area contributed by atoms with E-state index in [1.807, 2.05) is 6.92 Å². The number of aromatic nitrogens is 1. The number of hydrogen-bond donors (Lipinski definition) is 1. The SMILES string of the molecule is Cc1noc(C)c1C1CC2CCC(C1)N2. The summed E-state index contributed by atoms with van der Waals surface area (Å²) in [5.41, 5.74) is 2.48. The van der Waals surface area contributed by atoms with E-state index in [1.165, 1.54) is 31.2 Å². The number of aryl methyl sites for hydroxylation is 2. The maximum absolute atomic E-state index is 5.27. The predicted octanol–water partition coefficient (Wildman–Crippen LogP) is 2.29. The lowest BCUT2D eigenvalue weighted by atomic mass is 9.85. The lowest BCUT2D eigenvalue weighted by Gasteiger charge is -2.29. The van der Waals surface area contributed by atoms with Crippen LogP contribution in [0.2, 0.25) is 0 Å². The molecule has 1 aromatic heterocycles. The zero-order chi connectivity index (χ0) is 10.4. The van der Waals surface area contributed by atoms with Crippen molar-refractivity contribution in [3.05, 3.63) is 17.0 Å². The van der Waals surface area contributed by atoms with Crippen LogP contribution in [-0.4, -0.2) is 17.2 Å². The van der Waals surface area contributed by atoms with Gasteiger partial charge in [0.2, 0.25) is 0 Å². The van der Waals surface area contributed by atoms with Gasteiger partial charge in [0.05, 0.1) is 5.69 Å². The van der Waals surface area contributed by atoms with E-state index in [9.17, 15) is 0 Å². The molecule has 0 spiro atoms. The molecule has 2 aliphatic rings. The number of piperidine rings is 1. The van der Waals surface area contributed by atoms with Crippen LogP contribution in [0.15, 0.2) is 4.52 Å². The van der Waals surface area contributed by atoms with E-state index in [0.29, 0.717) is 5.92 Å². The molecule has 2 fully saturated rings. The van der Waals surface area contributed by atoms with Crippen LogP contribution in [0.1, 0.15) is 48.6 Å². The molecule has 0 saturated carbocycles. The molecule has 3 nitrogen and oxygen atoms in total. The first-order valence-electron chi connectivity index (χ1n) is 5.93. The predicted molar refractivity (Wildman–Crippen MR) is 57.9 cm³/mol. The van der Waals surface area contributed by atoms with Crippen LogP contribution in [0, 0.1) is 13.8 Å². The molecule has 2 atom stereocenters. The molecule has 15 heavy (non-hydrogen) atoms. The maximum atomic E-state index is 5.27. The molecule has 0 amide bonds. The molecule has 2 unspecified atom stereocenters. The average molecular weight is 206 g/mol. The fourth-order valence-corrected chi connectivity index (χ4v) is 3.37. The molecule has 2 bridgehead atoms. The quantitative estimate of drug-likeness (QED) is 0.766. The van der Waals surface area contributed by atoms with Crippen molar-refractivity contribution in [3.8, 4) is 0 Å². The number of fused-ring (bicyclic) bond motifs is 2. The Morgan fingerprint density at radius 2 is 1.87 bits per heavy atom. The fraction of sp³-hybridized carbons (Fsp3) is 0.750. The van der Waals surface area contributed by atoms with Crippen molar-refractivity contribution in [1.82, 2.24) is 10.5 Å². The summed E-state index contributed by atoms with van der Waals surface area (Å²) in [7, 11) is 0. The molecular weight excluding hydrogens is 188 g/mol. The molecule has 3 rings (SSSR count). The summed E-state index contributed by atoms with van der Waals surface area (Å²) in [6.45, 7) is 4.11. The summed E-state index contributed by atoms with van der Waals surface area (Å²) in [5.74, 6) is 1.70. The van der Waals surface area contributed by atoms with Crippen LogP contribution in [-0.2, 0) is 0 Å².